The second kappa shape index (κ2) is 6.88. The van der Waals surface area contributed by atoms with Gasteiger partial charge in [-0.25, -0.2) is 9.97 Å². The van der Waals surface area contributed by atoms with E-state index in [4.69, 9.17) is 9.40 Å². The third kappa shape index (κ3) is 2.75. The smallest absolute Gasteiger partial charge is 0.353 e. The normalized spacial score (nSPS) is 16.8. The lowest BCUT2D eigenvalue weighted by atomic mass is 9.58. The molecule has 164 valence electrons. The van der Waals surface area contributed by atoms with Gasteiger partial charge in [-0.05, 0) is 70.2 Å². The van der Waals surface area contributed by atoms with Crippen LogP contribution in [0.4, 0.5) is 17.2 Å². The van der Waals surface area contributed by atoms with Crippen LogP contribution in [-0.2, 0) is 0 Å². The maximum atomic E-state index is 6.34. The van der Waals surface area contributed by atoms with Crippen LogP contribution in [0.5, 0.6) is 0 Å². The van der Waals surface area contributed by atoms with Crippen LogP contribution in [0.1, 0.15) is 32.0 Å². The number of hydrogen-bond donors (Lipinski definition) is 0. The summed E-state index contributed by atoms with van der Waals surface area (Å²) in [6.45, 7) is 10.8. The van der Waals surface area contributed by atoms with Gasteiger partial charge < -0.3 is 9.34 Å². The van der Waals surface area contributed by atoms with Crippen molar-refractivity contribution in [2.75, 3.05) is 9.91 Å². The molecule has 0 unspecified atom stereocenters. The molecule has 3 aromatic heterocycles. The highest BCUT2D eigenvalue weighted by atomic mass is 16.3. The van der Waals surface area contributed by atoms with Crippen LogP contribution < -0.4 is 15.6 Å². The average Bonchev–Trinajstić information content (AvgIpc) is 3.26. The van der Waals surface area contributed by atoms with Crippen molar-refractivity contribution in [3.8, 4) is 0 Å². The number of rotatable bonds is 2. The van der Waals surface area contributed by atoms with Gasteiger partial charge in [-0.3, -0.25) is 9.91 Å². The van der Waals surface area contributed by atoms with Crippen molar-refractivity contribution in [1.29, 1.82) is 0 Å². The molecule has 0 radical (unpaired) electrons. The molecule has 0 spiro atoms. The molecule has 0 N–H and O–H groups in total. The number of nitrogens with zero attached hydrogens (tertiary/aromatic N) is 5. The Bertz CT molecular complexity index is 1410. The van der Waals surface area contributed by atoms with Crippen molar-refractivity contribution in [2.24, 2.45) is 0 Å². The number of para-hydroxylation sites is 1. The Kier molecular flexibility index (Phi) is 4.15. The number of hydrazine groups is 1. The number of aromatic nitrogens is 2. The van der Waals surface area contributed by atoms with Crippen LogP contribution in [0.3, 0.4) is 0 Å². The van der Waals surface area contributed by atoms with Crippen molar-refractivity contribution in [1.82, 2.24) is 14.9 Å². The van der Waals surface area contributed by atoms with Gasteiger partial charge in [-0.2, -0.15) is 0 Å². The predicted molar refractivity (Wildman–Crippen MR) is 135 cm³/mol. The third-order valence-corrected chi connectivity index (χ3v) is 6.72. The first-order valence-electron chi connectivity index (χ1n) is 11.4. The van der Waals surface area contributed by atoms with Crippen molar-refractivity contribution in [3.63, 3.8) is 0 Å². The molecule has 0 atom stereocenters. The Morgan fingerprint density at radius 2 is 1.76 bits per heavy atom. The van der Waals surface area contributed by atoms with Gasteiger partial charge in [0.2, 0.25) is 5.71 Å². The minimum absolute atomic E-state index is 0.0115. The molecule has 0 bridgehead atoms. The van der Waals surface area contributed by atoms with E-state index in [-0.39, 0.29) is 6.85 Å². The standard InChI is InChI=1S/C26H26BN5O/c1-17-13-14-20-21-16-18(2)32(27(5)23(21)33-25(20)29-17)31-22-12-9-15-28-24(22)30(26(31,3)4)19-10-7-6-8-11-19/h6-16H,1-5H3. The van der Waals surface area contributed by atoms with E-state index in [1.165, 1.54) is 0 Å². The number of anilines is 3. The van der Waals surface area contributed by atoms with Gasteiger partial charge in [0.15, 0.2) is 5.82 Å². The lowest BCUT2D eigenvalue weighted by Crippen LogP contribution is -2.64. The van der Waals surface area contributed by atoms with E-state index in [0.717, 1.165) is 45.2 Å². The predicted octanol–water partition coefficient (Wildman–Crippen LogP) is 5.35. The summed E-state index contributed by atoms with van der Waals surface area (Å²) in [5.74, 6) is 0.946. The quantitative estimate of drug-likeness (QED) is 0.396. The number of fused-ring (bicyclic) bond motifs is 4. The summed E-state index contributed by atoms with van der Waals surface area (Å²) in [4.78, 5) is 14.1. The molecular weight excluding hydrogens is 409 g/mol. The van der Waals surface area contributed by atoms with Crippen molar-refractivity contribution in [2.45, 2.75) is 40.2 Å². The molecule has 4 aromatic rings. The minimum atomic E-state index is -0.403. The van der Waals surface area contributed by atoms with Crippen molar-refractivity contribution in [3.05, 3.63) is 77.7 Å². The van der Waals surface area contributed by atoms with E-state index < -0.39 is 5.66 Å². The van der Waals surface area contributed by atoms with Gasteiger partial charge in [0.25, 0.3) is 0 Å². The highest BCUT2D eigenvalue weighted by Gasteiger charge is 2.50. The van der Waals surface area contributed by atoms with Crippen molar-refractivity contribution < 1.29 is 4.42 Å². The minimum Gasteiger partial charge on any atom is -0.450 e. The molecule has 7 heteroatoms. The van der Waals surface area contributed by atoms with Crippen molar-refractivity contribution >= 4 is 46.9 Å². The first-order chi connectivity index (χ1) is 15.9. The molecule has 2 aliphatic rings. The number of hydrogen-bond acceptors (Lipinski definition) is 6. The SMILES string of the molecule is CB1c2oc3nc(C)ccc3c2C=C(C)N1N1c2cccnc2N(c2ccccc2)C1(C)C. The van der Waals surface area contributed by atoms with Crippen LogP contribution >= 0.6 is 0 Å². The molecule has 6 rings (SSSR count). The zero-order valence-electron chi connectivity index (χ0n) is 19.6. The van der Waals surface area contributed by atoms with Gasteiger partial charge in [0, 0.05) is 34.2 Å². The second-order valence-corrected chi connectivity index (χ2v) is 9.31. The summed E-state index contributed by atoms with van der Waals surface area (Å²) in [7, 11) is 0. The molecule has 5 heterocycles. The fourth-order valence-corrected chi connectivity index (χ4v) is 5.36. The van der Waals surface area contributed by atoms with Gasteiger partial charge in [0.05, 0.1) is 0 Å². The molecule has 0 saturated carbocycles. The van der Waals surface area contributed by atoms with Gasteiger partial charge >= 0.3 is 6.85 Å². The molecule has 1 aromatic carbocycles. The lowest BCUT2D eigenvalue weighted by molar-refractivity contribution is 0.352. The highest BCUT2D eigenvalue weighted by Crippen LogP contribution is 2.49. The Hall–Kier alpha value is -3.74. The number of furan rings is 1. The molecule has 0 saturated heterocycles. The van der Waals surface area contributed by atoms with E-state index in [2.05, 4.69) is 89.9 Å². The largest absolute Gasteiger partial charge is 0.450 e. The third-order valence-electron chi connectivity index (χ3n) is 6.72. The topological polar surface area (TPSA) is 48.6 Å². The Morgan fingerprint density at radius 1 is 0.970 bits per heavy atom. The summed E-state index contributed by atoms with van der Waals surface area (Å²) in [6.07, 6.45) is 4.08. The van der Waals surface area contributed by atoms with Crippen LogP contribution in [0.25, 0.3) is 17.2 Å². The fourth-order valence-electron chi connectivity index (χ4n) is 5.36. The summed E-state index contributed by atoms with van der Waals surface area (Å²) < 4.78 is 6.34. The molecule has 0 amide bonds. The summed E-state index contributed by atoms with van der Waals surface area (Å²) in [5, 5.41) is 3.42. The number of allylic oxidation sites excluding steroid dienone is 1. The zero-order chi connectivity index (χ0) is 22.9. The monoisotopic (exact) mass is 435 g/mol. The van der Waals surface area contributed by atoms with E-state index in [9.17, 15) is 0 Å². The second-order valence-electron chi connectivity index (χ2n) is 9.31. The Labute approximate surface area is 194 Å². The highest BCUT2D eigenvalue weighted by molar-refractivity contribution is 6.70. The average molecular weight is 435 g/mol. The molecule has 0 fully saturated rings. The van der Waals surface area contributed by atoms with E-state index in [1.807, 2.05) is 31.3 Å². The first-order valence-corrected chi connectivity index (χ1v) is 11.4. The molecule has 2 aliphatic heterocycles. The van der Waals surface area contributed by atoms with Crippen LogP contribution in [-0.4, -0.2) is 27.4 Å². The lowest BCUT2D eigenvalue weighted by Gasteiger charge is -2.49. The number of pyridine rings is 2. The zero-order valence-corrected chi connectivity index (χ0v) is 19.6. The Morgan fingerprint density at radius 3 is 2.55 bits per heavy atom. The molecule has 0 aliphatic carbocycles. The maximum Gasteiger partial charge on any atom is 0.353 e. The van der Waals surface area contributed by atoms with Crippen LogP contribution in [0.15, 0.2) is 70.9 Å². The molecular formula is C26H26BN5O. The summed E-state index contributed by atoms with van der Waals surface area (Å²) in [6, 6.07) is 18.8. The summed E-state index contributed by atoms with van der Waals surface area (Å²) >= 11 is 0. The van der Waals surface area contributed by atoms with Gasteiger partial charge in [-0.1, -0.05) is 25.0 Å². The van der Waals surface area contributed by atoms with E-state index >= 15 is 0 Å². The number of benzene rings is 1. The van der Waals surface area contributed by atoms with Crippen LogP contribution in [0.2, 0.25) is 6.82 Å². The maximum absolute atomic E-state index is 6.34. The number of aryl methyl sites for hydroxylation is 1. The summed E-state index contributed by atoms with van der Waals surface area (Å²) in [5.41, 5.74) is 6.65. The van der Waals surface area contributed by atoms with Gasteiger partial charge in [0.1, 0.15) is 17.0 Å². The van der Waals surface area contributed by atoms with Crippen LogP contribution in [0, 0.1) is 6.92 Å². The molecule has 6 nitrogen and oxygen atoms in total. The van der Waals surface area contributed by atoms with Gasteiger partial charge in [-0.15, -0.1) is 0 Å². The Balaban J connectivity index is 1.52. The van der Waals surface area contributed by atoms with E-state index in [0.29, 0.717) is 5.71 Å². The molecule has 33 heavy (non-hydrogen) atoms. The fraction of sp³-hybridized carbons (Fsp3) is 0.231. The van der Waals surface area contributed by atoms with E-state index in [1.54, 1.807) is 0 Å². The first kappa shape index (κ1) is 19.9.